The molecular formula is C9H14OS. The molecule has 0 atom stereocenters. The van der Waals surface area contributed by atoms with Crippen molar-refractivity contribution in [3.8, 4) is 0 Å². The molecular weight excluding hydrogens is 156 g/mol. The van der Waals surface area contributed by atoms with E-state index in [1.54, 1.807) is 0 Å². The van der Waals surface area contributed by atoms with Gasteiger partial charge in [0.05, 0.1) is 0 Å². The van der Waals surface area contributed by atoms with Crippen LogP contribution in [0.4, 0.5) is 0 Å². The molecule has 1 heterocycles. The van der Waals surface area contributed by atoms with Gasteiger partial charge < -0.3 is 0 Å². The van der Waals surface area contributed by atoms with E-state index in [1.165, 1.54) is 24.3 Å². The summed E-state index contributed by atoms with van der Waals surface area (Å²) in [6, 6.07) is 0. The molecule has 2 heteroatoms. The minimum absolute atomic E-state index is 0.448. The van der Waals surface area contributed by atoms with Gasteiger partial charge in [0.15, 0.2) is 0 Å². The van der Waals surface area contributed by atoms with Crippen LogP contribution in [0, 0.1) is 11.8 Å². The molecule has 0 aromatic rings. The van der Waals surface area contributed by atoms with Crippen LogP contribution in [0.15, 0.2) is 0 Å². The minimum Gasteiger partial charge on any atom is -0.299 e. The highest BCUT2D eigenvalue weighted by Crippen LogP contribution is 2.36. The number of hydrogen-bond acceptors (Lipinski definition) is 2. The number of rotatable bonds is 2. The Hall–Kier alpha value is 0.0200. The molecule has 0 radical (unpaired) electrons. The van der Waals surface area contributed by atoms with Gasteiger partial charge in [-0.2, -0.15) is 11.8 Å². The molecule has 2 aliphatic rings. The van der Waals surface area contributed by atoms with Gasteiger partial charge in [0, 0.05) is 11.8 Å². The Morgan fingerprint density at radius 3 is 2.09 bits per heavy atom. The molecule has 0 amide bonds. The van der Waals surface area contributed by atoms with Crippen molar-refractivity contribution in [3.05, 3.63) is 0 Å². The Morgan fingerprint density at radius 1 is 1.00 bits per heavy atom. The first-order chi connectivity index (χ1) is 5.38. The molecule has 0 bridgehead atoms. The van der Waals surface area contributed by atoms with Gasteiger partial charge in [-0.3, -0.25) is 4.79 Å². The zero-order chi connectivity index (χ0) is 7.68. The Labute approximate surface area is 71.9 Å². The van der Waals surface area contributed by atoms with Crippen LogP contribution in [0.25, 0.3) is 0 Å². The first-order valence-electron chi connectivity index (χ1n) is 4.49. The third-order valence-corrected chi connectivity index (χ3v) is 3.65. The average Bonchev–Trinajstić information content (AvgIpc) is 2.87. The largest absolute Gasteiger partial charge is 0.299 e. The molecule has 0 unspecified atom stereocenters. The summed E-state index contributed by atoms with van der Waals surface area (Å²) in [6.07, 6.45) is 4.67. The number of thioether (sulfide) groups is 1. The van der Waals surface area contributed by atoms with Crippen molar-refractivity contribution in [1.29, 1.82) is 0 Å². The number of carbonyl (C=O) groups excluding carboxylic acids is 1. The lowest BCUT2D eigenvalue weighted by atomic mass is 9.95. The third-order valence-electron chi connectivity index (χ3n) is 2.60. The highest BCUT2D eigenvalue weighted by molar-refractivity contribution is 7.99. The van der Waals surface area contributed by atoms with E-state index < -0.39 is 0 Å². The second-order valence-corrected chi connectivity index (χ2v) is 4.79. The summed E-state index contributed by atoms with van der Waals surface area (Å²) in [7, 11) is 0. The highest BCUT2D eigenvalue weighted by atomic mass is 32.2. The Balaban J connectivity index is 1.86. The zero-order valence-corrected chi connectivity index (χ0v) is 7.53. The van der Waals surface area contributed by atoms with E-state index in [0.29, 0.717) is 17.6 Å². The van der Waals surface area contributed by atoms with Gasteiger partial charge in [-0.15, -0.1) is 0 Å². The van der Waals surface area contributed by atoms with Gasteiger partial charge in [-0.05, 0) is 37.2 Å². The van der Waals surface area contributed by atoms with Crippen molar-refractivity contribution in [2.45, 2.75) is 25.7 Å². The Morgan fingerprint density at radius 2 is 1.55 bits per heavy atom. The van der Waals surface area contributed by atoms with Gasteiger partial charge in [-0.1, -0.05) is 0 Å². The first-order valence-corrected chi connectivity index (χ1v) is 5.65. The number of hydrogen-bond donors (Lipinski definition) is 0. The van der Waals surface area contributed by atoms with Gasteiger partial charge in [0.1, 0.15) is 5.78 Å². The minimum atomic E-state index is 0.448. The van der Waals surface area contributed by atoms with Crippen molar-refractivity contribution >= 4 is 17.5 Å². The van der Waals surface area contributed by atoms with Gasteiger partial charge >= 0.3 is 0 Å². The van der Waals surface area contributed by atoms with Crippen LogP contribution >= 0.6 is 11.8 Å². The van der Waals surface area contributed by atoms with Crippen LogP contribution in [-0.2, 0) is 4.79 Å². The van der Waals surface area contributed by atoms with E-state index in [0.717, 1.165) is 12.8 Å². The van der Waals surface area contributed by atoms with Crippen molar-refractivity contribution in [3.63, 3.8) is 0 Å². The molecule has 0 N–H and O–H groups in total. The molecule has 1 saturated carbocycles. The molecule has 1 saturated heterocycles. The van der Waals surface area contributed by atoms with E-state index in [1.807, 2.05) is 11.8 Å². The molecule has 11 heavy (non-hydrogen) atoms. The Kier molecular flexibility index (Phi) is 2.21. The standard InChI is InChI=1S/C9H14OS/c10-9(7-1-2-7)8-3-5-11-6-4-8/h7-8H,1-6H2. The summed E-state index contributed by atoms with van der Waals surface area (Å²) >= 11 is 2.00. The quantitative estimate of drug-likeness (QED) is 0.631. The Bertz CT molecular complexity index is 157. The number of Topliss-reactive ketones (excluding diaryl/α,β-unsaturated/α-hetero) is 1. The summed E-state index contributed by atoms with van der Waals surface area (Å²) < 4.78 is 0. The van der Waals surface area contributed by atoms with Crippen molar-refractivity contribution < 1.29 is 4.79 Å². The van der Waals surface area contributed by atoms with Crippen molar-refractivity contribution in [2.75, 3.05) is 11.5 Å². The van der Waals surface area contributed by atoms with Gasteiger partial charge in [0.25, 0.3) is 0 Å². The fourth-order valence-electron chi connectivity index (χ4n) is 1.68. The summed E-state index contributed by atoms with van der Waals surface area (Å²) in [4.78, 5) is 11.6. The monoisotopic (exact) mass is 170 g/mol. The lowest BCUT2D eigenvalue weighted by molar-refractivity contribution is -0.124. The molecule has 0 aromatic heterocycles. The van der Waals surface area contributed by atoms with Crippen LogP contribution in [0.5, 0.6) is 0 Å². The highest BCUT2D eigenvalue weighted by Gasteiger charge is 2.34. The third kappa shape index (κ3) is 1.78. The van der Waals surface area contributed by atoms with Crippen molar-refractivity contribution in [1.82, 2.24) is 0 Å². The van der Waals surface area contributed by atoms with Crippen LogP contribution in [0.1, 0.15) is 25.7 Å². The fourth-order valence-corrected chi connectivity index (χ4v) is 2.79. The maximum Gasteiger partial charge on any atom is 0.139 e. The smallest absolute Gasteiger partial charge is 0.139 e. The van der Waals surface area contributed by atoms with Crippen molar-refractivity contribution in [2.24, 2.45) is 11.8 Å². The zero-order valence-electron chi connectivity index (χ0n) is 6.71. The van der Waals surface area contributed by atoms with Crippen LogP contribution in [-0.4, -0.2) is 17.3 Å². The lowest BCUT2D eigenvalue weighted by Crippen LogP contribution is -2.20. The second kappa shape index (κ2) is 3.18. The van der Waals surface area contributed by atoms with E-state index in [9.17, 15) is 4.79 Å². The summed E-state index contributed by atoms with van der Waals surface area (Å²) in [5.41, 5.74) is 0. The predicted molar refractivity (Wildman–Crippen MR) is 47.8 cm³/mol. The van der Waals surface area contributed by atoms with E-state index >= 15 is 0 Å². The van der Waals surface area contributed by atoms with Gasteiger partial charge in [0.2, 0.25) is 0 Å². The number of carbonyl (C=O) groups is 1. The summed E-state index contributed by atoms with van der Waals surface area (Å²) in [5.74, 6) is 3.95. The average molecular weight is 170 g/mol. The van der Waals surface area contributed by atoms with Crippen LogP contribution in [0.3, 0.4) is 0 Å². The van der Waals surface area contributed by atoms with E-state index in [2.05, 4.69) is 0 Å². The molecule has 2 fully saturated rings. The molecule has 2 rings (SSSR count). The lowest BCUT2D eigenvalue weighted by Gasteiger charge is -2.19. The predicted octanol–water partition coefficient (Wildman–Crippen LogP) is 2.11. The fraction of sp³-hybridized carbons (Fsp3) is 0.889. The SMILES string of the molecule is O=C(C1CCSCC1)C1CC1. The van der Waals surface area contributed by atoms with Crippen LogP contribution in [0.2, 0.25) is 0 Å². The van der Waals surface area contributed by atoms with Gasteiger partial charge in [-0.25, -0.2) is 0 Å². The normalized spacial score (nSPS) is 26.9. The molecule has 0 aromatic carbocycles. The van der Waals surface area contributed by atoms with E-state index in [4.69, 9.17) is 0 Å². The first kappa shape index (κ1) is 7.66. The summed E-state index contributed by atoms with van der Waals surface area (Å²) in [5, 5.41) is 0. The van der Waals surface area contributed by atoms with Crippen LogP contribution < -0.4 is 0 Å². The molecule has 1 aliphatic carbocycles. The maximum atomic E-state index is 11.6. The molecule has 1 nitrogen and oxygen atoms in total. The maximum absolute atomic E-state index is 11.6. The molecule has 62 valence electrons. The second-order valence-electron chi connectivity index (χ2n) is 3.56. The topological polar surface area (TPSA) is 17.1 Å². The summed E-state index contributed by atoms with van der Waals surface area (Å²) in [6.45, 7) is 0. The number of ketones is 1. The van der Waals surface area contributed by atoms with E-state index in [-0.39, 0.29) is 0 Å². The molecule has 0 spiro atoms. The molecule has 1 aliphatic heterocycles.